The van der Waals surface area contributed by atoms with Crippen LogP contribution in [-0.4, -0.2) is 56.7 Å². The first kappa shape index (κ1) is 14.5. The van der Waals surface area contributed by atoms with E-state index in [2.05, 4.69) is 4.76 Å². The molecule has 0 N–H and O–H groups in total. The lowest BCUT2D eigenvalue weighted by Gasteiger charge is -2.24. The van der Waals surface area contributed by atoms with Gasteiger partial charge in [-0.25, -0.2) is 0 Å². The minimum Gasteiger partial charge on any atom is -0.349 e. The zero-order chi connectivity index (χ0) is 12.2. The van der Waals surface area contributed by atoms with Gasteiger partial charge in [0.25, 0.3) is 0 Å². The van der Waals surface area contributed by atoms with Crippen molar-refractivity contribution in [2.75, 3.05) is 34.9 Å². The summed E-state index contributed by atoms with van der Waals surface area (Å²) in [6, 6.07) is 0. The second kappa shape index (κ2) is 5.52. The van der Waals surface area contributed by atoms with Gasteiger partial charge >= 0.3 is 7.52 Å². The third kappa shape index (κ3) is 5.80. The second-order valence-corrected chi connectivity index (χ2v) is 6.16. The van der Waals surface area contributed by atoms with E-state index in [1.807, 2.05) is 42.0 Å². The van der Waals surface area contributed by atoms with Gasteiger partial charge in [-0.15, -0.1) is 0 Å². The van der Waals surface area contributed by atoms with Gasteiger partial charge in [0.1, 0.15) is 0 Å². The number of rotatable bonds is 3. The van der Waals surface area contributed by atoms with Crippen molar-refractivity contribution >= 4 is 13.5 Å². The Kier molecular flexibility index (Phi) is 5.32. The summed E-state index contributed by atoms with van der Waals surface area (Å²) in [6.07, 6.45) is -0.0878. The van der Waals surface area contributed by atoms with Gasteiger partial charge in [0.15, 0.2) is 0 Å². The molecule has 1 atom stereocenters. The van der Waals surface area contributed by atoms with Gasteiger partial charge < -0.3 is 14.3 Å². The molecule has 0 aromatic rings. The maximum absolute atomic E-state index is 12.0. The summed E-state index contributed by atoms with van der Waals surface area (Å²) in [6.45, 7) is 5.22. The highest BCUT2D eigenvalue weighted by atomic mass is 31.2. The summed E-state index contributed by atoms with van der Waals surface area (Å²) in [5, 5.41) is 0. The molecule has 0 fully saturated rings. The normalized spacial score (nSPS) is 14.7. The zero-order valence-electron chi connectivity index (χ0n) is 10.7. The summed E-state index contributed by atoms with van der Waals surface area (Å²) in [5.41, 5.74) is 0. The molecule has 0 aliphatic heterocycles. The van der Waals surface area contributed by atoms with Crippen molar-refractivity contribution < 1.29 is 9.09 Å². The van der Waals surface area contributed by atoms with Crippen molar-refractivity contribution in [1.82, 2.24) is 9.80 Å². The van der Waals surface area contributed by atoms with Gasteiger partial charge in [-0.05, 0) is 13.8 Å². The summed E-state index contributed by atoms with van der Waals surface area (Å²) >= 11 is 0. The number of hydrogen-bond donors (Lipinski definition) is 0. The Balaban J connectivity index is 4.88. The van der Waals surface area contributed by atoms with Gasteiger partial charge in [0.2, 0.25) is 5.96 Å². The number of guanidine groups is 1. The topological polar surface area (TPSA) is 45.1 Å². The Morgan fingerprint density at radius 1 is 1.20 bits per heavy atom. The maximum Gasteiger partial charge on any atom is 0.314 e. The average Bonchev–Trinajstić information content (AvgIpc) is 1.96. The van der Waals surface area contributed by atoms with E-state index < -0.39 is 7.52 Å². The molecule has 0 rings (SSSR count). The van der Waals surface area contributed by atoms with E-state index in [9.17, 15) is 4.57 Å². The fourth-order valence-electron chi connectivity index (χ4n) is 1.16. The Labute approximate surface area is 92.6 Å². The molecule has 0 aliphatic carbocycles. The maximum atomic E-state index is 12.0. The molecule has 0 radical (unpaired) electrons. The monoisotopic (exact) mass is 235 g/mol. The average molecular weight is 235 g/mol. The van der Waals surface area contributed by atoms with Crippen molar-refractivity contribution in [2.45, 2.75) is 20.0 Å². The van der Waals surface area contributed by atoms with E-state index >= 15 is 0 Å². The van der Waals surface area contributed by atoms with Gasteiger partial charge in [-0.1, -0.05) is 0 Å². The van der Waals surface area contributed by atoms with Crippen molar-refractivity contribution in [3.05, 3.63) is 0 Å². The lowest BCUT2D eigenvalue weighted by atomic mass is 10.5. The van der Waals surface area contributed by atoms with E-state index in [1.54, 1.807) is 9.80 Å². The van der Waals surface area contributed by atoms with E-state index in [4.69, 9.17) is 4.52 Å². The van der Waals surface area contributed by atoms with Crippen LogP contribution in [0, 0.1) is 0 Å². The minimum atomic E-state index is -2.91. The number of nitrogens with zero attached hydrogens (tertiary/aromatic N) is 3. The third-order valence-electron chi connectivity index (χ3n) is 1.48. The van der Waals surface area contributed by atoms with E-state index in [0.717, 1.165) is 0 Å². The Morgan fingerprint density at radius 2 is 1.60 bits per heavy atom. The van der Waals surface area contributed by atoms with Crippen LogP contribution >= 0.6 is 7.52 Å². The summed E-state index contributed by atoms with van der Waals surface area (Å²) < 4.78 is 21.4. The highest BCUT2D eigenvalue weighted by Crippen LogP contribution is 2.45. The van der Waals surface area contributed by atoms with Crippen LogP contribution in [0.2, 0.25) is 0 Å². The highest BCUT2D eigenvalue weighted by Gasteiger charge is 2.19. The van der Waals surface area contributed by atoms with E-state index in [0.29, 0.717) is 5.96 Å². The predicted molar refractivity (Wildman–Crippen MR) is 64.6 cm³/mol. The van der Waals surface area contributed by atoms with E-state index in [1.165, 1.54) is 6.66 Å². The molecule has 0 aromatic heterocycles. The third-order valence-corrected chi connectivity index (χ3v) is 2.83. The number of hydrogen-bond acceptors (Lipinski definition) is 2. The smallest absolute Gasteiger partial charge is 0.314 e. The molecule has 0 bridgehead atoms. The standard InChI is InChI=1S/C9H22N3O2P/c1-8(2)14-15(7,13)10-9(11(3)4)12(5)6/h8H,1-7H3. The second-order valence-electron chi connectivity index (χ2n) is 4.15. The van der Waals surface area contributed by atoms with Crippen LogP contribution < -0.4 is 0 Å². The molecule has 15 heavy (non-hydrogen) atoms. The lowest BCUT2D eigenvalue weighted by molar-refractivity contribution is 0.246. The lowest BCUT2D eigenvalue weighted by Crippen LogP contribution is -2.35. The zero-order valence-corrected chi connectivity index (χ0v) is 11.6. The predicted octanol–water partition coefficient (Wildman–Crippen LogP) is 1.71. The molecule has 0 heterocycles. The van der Waals surface area contributed by atoms with Gasteiger partial charge in [-0.3, -0.25) is 4.57 Å². The van der Waals surface area contributed by atoms with Crippen molar-refractivity contribution in [3.63, 3.8) is 0 Å². The Morgan fingerprint density at radius 3 is 1.87 bits per heavy atom. The summed E-state index contributed by atoms with van der Waals surface area (Å²) in [5.74, 6) is 0.640. The molecule has 0 saturated carbocycles. The SMILES string of the molecule is CC(C)OP(C)(=O)N=C(N(C)C)N(C)C. The van der Waals surface area contributed by atoms with Crippen LogP contribution in [0.15, 0.2) is 4.76 Å². The van der Waals surface area contributed by atoms with Gasteiger partial charge in [0.05, 0.1) is 6.10 Å². The summed E-state index contributed by atoms with van der Waals surface area (Å²) in [4.78, 5) is 3.61. The largest absolute Gasteiger partial charge is 0.349 e. The Hall–Kier alpha value is -0.540. The fourth-order valence-corrected chi connectivity index (χ4v) is 2.67. The molecule has 0 saturated heterocycles. The van der Waals surface area contributed by atoms with Gasteiger partial charge in [-0.2, -0.15) is 4.76 Å². The molecule has 90 valence electrons. The highest BCUT2D eigenvalue weighted by molar-refractivity contribution is 7.56. The van der Waals surface area contributed by atoms with Crippen LogP contribution in [-0.2, 0) is 9.09 Å². The van der Waals surface area contributed by atoms with Crippen LogP contribution in [0.4, 0.5) is 0 Å². The molecule has 0 aliphatic rings. The molecule has 0 aromatic carbocycles. The Bertz CT molecular complexity index is 265. The molecule has 6 heteroatoms. The van der Waals surface area contributed by atoms with Gasteiger partial charge in [0, 0.05) is 34.9 Å². The first-order chi connectivity index (χ1) is 6.65. The summed E-state index contributed by atoms with van der Waals surface area (Å²) in [7, 11) is 4.51. The van der Waals surface area contributed by atoms with Crippen molar-refractivity contribution in [3.8, 4) is 0 Å². The first-order valence-corrected chi connectivity index (χ1v) is 6.89. The quantitative estimate of drug-likeness (QED) is 0.424. The molecular weight excluding hydrogens is 213 g/mol. The van der Waals surface area contributed by atoms with Crippen molar-refractivity contribution in [1.29, 1.82) is 0 Å². The molecule has 5 nitrogen and oxygen atoms in total. The molecule has 0 spiro atoms. The van der Waals surface area contributed by atoms with E-state index in [-0.39, 0.29) is 6.10 Å². The fraction of sp³-hybridized carbons (Fsp3) is 0.889. The molecule has 0 amide bonds. The molecule has 1 unspecified atom stereocenters. The molecular formula is C9H22N3O2P. The van der Waals surface area contributed by atoms with Crippen LogP contribution in [0.3, 0.4) is 0 Å². The van der Waals surface area contributed by atoms with Crippen molar-refractivity contribution in [2.24, 2.45) is 4.76 Å². The van der Waals surface area contributed by atoms with Crippen LogP contribution in [0.1, 0.15) is 13.8 Å². The minimum absolute atomic E-state index is 0.0878. The van der Waals surface area contributed by atoms with Crippen LogP contribution in [0.25, 0.3) is 0 Å². The first-order valence-electron chi connectivity index (χ1n) is 4.86. The van der Waals surface area contributed by atoms with Crippen LogP contribution in [0.5, 0.6) is 0 Å².